The van der Waals surface area contributed by atoms with Crippen LogP contribution in [0, 0.1) is 5.92 Å². The predicted octanol–water partition coefficient (Wildman–Crippen LogP) is 0.822. The number of amides is 1. The molecule has 1 fully saturated rings. The van der Waals surface area contributed by atoms with Crippen LogP contribution < -0.4 is 10.1 Å². The summed E-state index contributed by atoms with van der Waals surface area (Å²) in [5.41, 5.74) is 0.187. The Balaban J connectivity index is 1.95. The molecule has 1 aromatic heterocycles. The molecule has 6 nitrogen and oxygen atoms in total. The standard InChI is InChI=1S/C10H10N2O4/c13-9-8(4-1-2-4)16-5-3-11-7(10(14)15)6(5)12-9/h3-4,8,11H,1-2H2,(H,12,13)(H,14,15). The fourth-order valence-electron chi connectivity index (χ4n) is 1.88. The zero-order valence-corrected chi connectivity index (χ0v) is 8.32. The van der Waals surface area contributed by atoms with Crippen LogP contribution in [0.2, 0.25) is 0 Å². The molecule has 84 valence electrons. The third-order valence-electron chi connectivity index (χ3n) is 2.87. The Kier molecular flexibility index (Phi) is 1.74. The molecule has 6 heteroatoms. The molecule has 1 aliphatic heterocycles. The van der Waals surface area contributed by atoms with Crippen molar-refractivity contribution < 1.29 is 19.4 Å². The van der Waals surface area contributed by atoms with Gasteiger partial charge in [-0.3, -0.25) is 4.79 Å². The molecule has 2 aliphatic rings. The number of aromatic amines is 1. The number of carbonyl (C=O) groups excluding carboxylic acids is 1. The second-order valence-electron chi connectivity index (χ2n) is 4.07. The minimum atomic E-state index is -1.12. The Morgan fingerprint density at radius 3 is 2.88 bits per heavy atom. The number of carboxylic acid groups (broad SMARTS) is 1. The smallest absolute Gasteiger partial charge is 0.354 e. The molecule has 3 rings (SSSR count). The molecular weight excluding hydrogens is 212 g/mol. The van der Waals surface area contributed by atoms with E-state index < -0.39 is 12.1 Å². The Labute approximate surface area is 90.6 Å². The summed E-state index contributed by atoms with van der Waals surface area (Å²) >= 11 is 0. The van der Waals surface area contributed by atoms with Gasteiger partial charge >= 0.3 is 5.97 Å². The van der Waals surface area contributed by atoms with Gasteiger partial charge in [0.1, 0.15) is 5.69 Å². The number of fused-ring (bicyclic) bond motifs is 1. The van der Waals surface area contributed by atoms with Gasteiger partial charge in [0.2, 0.25) is 0 Å². The summed E-state index contributed by atoms with van der Waals surface area (Å²) in [5, 5.41) is 11.5. The van der Waals surface area contributed by atoms with Gasteiger partial charge in [-0.1, -0.05) is 0 Å². The predicted molar refractivity (Wildman–Crippen MR) is 53.5 cm³/mol. The lowest BCUT2D eigenvalue weighted by Crippen LogP contribution is -2.38. The minimum Gasteiger partial charge on any atom is -0.477 e. The van der Waals surface area contributed by atoms with Crippen LogP contribution >= 0.6 is 0 Å². The molecule has 1 aromatic rings. The summed E-state index contributed by atoms with van der Waals surface area (Å²) in [6, 6.07) is 0. The van der Waals surface area contributed by atoms with E-state index >= 15 is 0 Å². The van der Waals surface area contributed by atoms with E-state index in [-0.39, 0.29) is 23.2 Å². The van der Waals surface area contributed by atoms with Crippen molar-refractivity contribution in [2.75, 3.05) is 5.32 Å². The highest BCUT2D eigenvalue weighted by atomic mass is 16.5. The van der Waals surface area contributed by atoms with Gasteiger partial charge in [-0.2, -0.15) is 0 Å². The number of H-pyrrole nitrogens is 1. The normalized spacial score (nSPS) is 23.2. The monoisotopic (exact) mass is 222 g/mol. The van der Waals surface area contributed by atoms with Crippen molar-refractivity contribution in [3.63, 3.8) is 0 Å². The van der Waals surface area contributed by atoms with Crippen LogP contribution in [0.1, 0.15) is 23.3 Å². The minimum absolute atomic E-state index is 0.0439. The number of ether oxygens (including phenoxy) is 1. The number of hydrogen-bond acceptors (Lipinski definition) is 3. The van der Waals surface area contributed by atoms with E-state index in [0.717, 1.165) is 12.8 Å². The molecular formula is C10H10N2O4. The maximum atomic E-state index is 11.7. The molecule has 3 N–H and O–H groups in total. The van der Waals surface area contributed by atoms with Crippen LogP contribution in [0.25, 0.3) is 0 Å². The highest BCUT2D eigenvalue weighted by molar-refractivity contribution is 6.04. The maximum absolute atomic E-state index is 11.7. The molecule has 16 heavy (non-hydrogen) atoms. The van der Waals surface area contributed by atoms with E-state index in [9.17, 15) is 9.59 Å². The molecule has 1 unspecified atom stereocenters. The molecule has 2 heterocycles. The first-order valence-electron chi connectivity index (χ1n) is 5.09. The first-order chi connectivity index (χ1) is 7.66. The van der Waals surface area contributed by atoms with Gasteiger partial charge in [0.15, 0.2) is 17.5 Å². The van der Waals surface area contributed by atoms with Gasteiger partial charge in [-0.05, 0) is 12.8 Å². The van der Waals surface area contributed by atoms with Gasteiger partial charge in [-0.15, -0.1) is 0 Å². The van der Waals surface area contributed by atoms with Gasteiger partial charge in [0.05, 0.1) is 0 Å². The highest BCUT2D eigenvalue weighted by Gasteiger charge is 2.42. The summed E-state index contributed by atoms with van der Waals surface area (Å²) in [5.74, 6) is -0.683. The molecule has 0 bridgehead atoms. The Hall–Kier alpha value is -1.98. The van der Waals surface area contributed by atoms with Crippen molar-refractivity contribution in [1.29, 1.82) is 0 Å². The number of nitrogens with one attached hydrogen (secondary N) is 2. The fraction of sp³-hybridized carbons (Fsp3) is 0.400. The lowest BCUT2D eigenvalue weighted by molar-refractivity contribution is -0.124. The summed E-state index contributed by atoms with van der Waals surface area (Å²) in [6.45, 7) is 0. The Morgan fingerprint density at radius 1 is 1.50 bits per heavy atom. The average molecular weight is 222 g/mol. The lowest BCUT2D eigenvalue weighted by atomic mass is 10.1. The molecule has 1 saturated carbocycles. The zero-order valence-electron chi connectivity index (χ0n) is 8.32. The molecule has 1 aliphatic carbocycles. The van der Waals surface area contributed by atoms with Gasteiger partial charge in [0, 0.05) is 12.1 Å². The van der Waals surface area contributed by atoms with Crippen molar-refractivity contribution in [3.8, 4) is 5.75 Å². The van der Waals surface area contributed by atoms with Crippen LogP contribution in [0.15, 0.2) is 6.20 Å². The quantitative estimate of drug-likeness (QED) is 0.690. The second-order valence-corrected chi connectivity index (χ2v) is 4.07. The molecule has 1 amide bonds. The van der Waals surface area contributed by atoms with Crippen LogP contribution in [0.4, 0.5) is 5.69 Å². The first-order valence-corrected chi connectivity index (χ1v) is 5.09. The number of rotatable bonds is 2. The summed E-state index contributed by atoms with van der Waals surface area (Å²) in [6.07, 6.45) is 2.98. The summed E-state index contributed by atoms with van der Waals surface area (Å²) in [7, 11) is 0. The fourth-order valence-corrected chi connectivity index (χ4v) is 1.88. The van der Waals surface area contributed by atoms with E-state index in [1.165, 1.54) is 6.20 Å². The van der Waals surface area contributed by atoms with Crippen LogP contribution in [-0.4, -0.2) is 28.1 Å². The van der Waals surface area contributed by atoms with Crippen molar-refractivity contribution in [2.45, 2.75) is 18.9 Å². The van der Waals surface area contributed by atoms with Crippen LogP contribution in [-0.2, 0) is 4.79 Å². The topological polar surface area (TPSA) is 91.4 Å². The number of carboxylic acids is 1. The van der Waals surface area contributed by atoms with Crippen LogP contribution in [0.5, 0.6) is 5.75 Å². The molecule has 0 spiro atoms. The van der Waals surface area contributed by atoms with Crippen molar-refractivity contribution in [1.82, 2.24) is 4.98 Å². The van der Waals surface area contributed by atoms with E-state index in [1.807, 2.05) is 0 Å². The lowest BCUT2D eigenvalue weighted by Gasteiger charge is -2.23. The average Bonchev–Trinajstić information content (AvgIpc) is 2.98. The zero-order chi connectivity index (χ0) is 11.3. The Morgan fingerprint density at radius 2 is 2.25 bits per heavy atom. The molecule has 0 aromatic carbocycles. The number of aromatic carboxylic acids is 1. The van der Waals surface area contributed by atoms with E-state index in [0.29, 0.717) is 5.75 Å². The van der Waals surface area contributed by atoms with E-state index in [2.05, 4.69) is 10.3 Å². The summed E-state index contributed by atoms with van der Waals surface area (Å²) < 4.78 is 5.49. The molecule has 0 radical (unpaired) electrons. The van der Waals surface area contributed by atoms with E-state index in [1.54, 1.807) is 0 Å². The first kappa shape index (κ1) is 9.26. The third kappa shape index (κ3) is 1.26. The Bertz CT molecular complexity index is 475. The van der Waals surface area contributed by atoms with Crippen LogP contribution in [0.3, 0.4) is 0 Å². The van der Waals surface area contributed by atoms with Crippen molar-refractivity contribution >= 4 is 17.6 Å². The number of aromatic nitrogens is 1. The van der Waals surface area contributed by atoms with Gasteiger partial charge in [0.25, 0.3) is 5.91 Å². The number of hydrogen-bond donors (Lipinski definition) is 3. The van der Waals surface area contributed by atoms with Crippen molar-refractivity contribution in [2.24, 2.45) is 5.92 Å². The SMILES string of the molecule is O=C(O)c1[nH]cc2c1NC(=O)C(C1CC1)O2. The maximum Gasteiger partial charge on any atom is 0.354 e. The van der Waals surface area contributed by atoms with E-state index in [4.69, 9.17) is 9.84 Å². The van der Waals surface area contributed by atoms with Gasteiger partial charge < -0.3 is 20.1 Å². The largest absolute Gasteiger partial charge is 0.477 e. The van der Waals surface area contributed by atoms with Crippen molar-refractivity contribution in [3.05, 3.63) is 11.9 Å². The van der Waals surface area contributed by atoms with Gasteiger partial charge in [-0.25, -0.2) is 4.79 Å². The second kappa shape index (κ2) is 3.01. The third-order valence-corrected chi connectivity index (χ3v) is 2.87. The number of carbonyl (C=O) groups is 2. The number of anilines is 1. The highest BCUT2D eigenvalue weighted by Crippen LogP contribution is 2.41. The molecule has 0 saturated heterocycles. The molecule has 1 atom stereocenters. The summed E-state index contributed by atoms with van der Waals surface area (Å²) in [4.78, 5) is 25.1.